The molecular formula is C32H34N4O5. The third-order valence-electron chi connectivity index (χ3n) is 7.46. The van der Waals surface area contributed by atoms with Crippen LogP contribution in [-0.4, -0.2) is 59.9 Å². The molecule has 1 aromatic heterocycles. The van der Waals surface area contributed by atoms with Crippen LogP contribution in [0, 0.1) is 0 Å². The summed E-state index contributed by atoms with van der Waals surface area (Å²) >= 11 is 0. The van der Waals surface area contributed by atoms with Gasteiger partial charge in [0.2, 0.25) is 5.91 Å². The Morgan fingerprint density at radius 1 is 0.902 bits per heavy atom. The van der Waals surface area contributed by atoms with Crippen LogP contribution in [0.15, 0.2) is 85.1 Å². The van der Waals surface area contributed by atoms with Gasteiger partial charge in [-0.1, -0.05) is 54.6 Å². The first-order valence-electron chi connectivity index (χ1n) is 13.5. The van der Waals surface area contributed by atoms with E-state index in [2.05, 4.69) is 5.32 Å². The second kappa shape index (κ2) is 12.3. The number of methoxy groups -OCH3 is 3. The van der Waals surface area contributed by atoms with Crippen molar-refractivity contribution in [2.75, 3.05) is 26.6 Å². The minimum atomic E-state index is -0.914. The second-order valence-corrected chi connectivity index (χ2v) is 9.94. The number of likely N-dealkylation sites (tertiary alicyclic amines) is 1. The number of para-hydroxylation sites is 1. The van der Waals surface area contributed by atoms with Crippen molar-refractivity contribution in [3.05, 3.63) is 90.6 Å². The topological polar surface area (TPSA) is 94.9 Å². The van der Waals surface area contributed by atoms with E-state index in [-0.39, 0.29) is 17.9 Å². The van der Waals surface area contributed by atoms with Crippen LogP contribution in [0.4, 0.5) is 5.82 Å². The zero-order valence-electron chi connectivity index (χ0n) is 23.6. The number of nitrogens with zero attached hydrogens (tertiary/aromatic N) is 3. The molecule has 1 saturated heterocycles. The quantitative estimate of drug-likeness (QED) is 0.303. The van der Waals surface area contributed by atoms with E-state index in [9.17, 15) is 9.59 Å². The van der Waals surface area contributed by atoms with Gasteiger partial charge in [0, 0.05) is 24.9 Å². The predicted octanol–water partition coefficient (Wildman–Crippen LogP) is 5.26. The molecule has 0 bridgehead atoms. The van der Waals surface area contributed by atoms with Gasteiger partial charge in [-0.3, -0.25) is 9.59 Å². The maximum Gasteiger partial charge on any atom is 0.257 e. The Morgan fingerprint density at radius 2 is 1.59 bits per heavy atom. The highest BCUT2D eigenvalue weighted by molar-refractivity contribution is 6.00. The van der Waals surface area contributed by atoms with Gasteiger partial charge in [0.05, 0.1) is 19.9 Å². The summed E-state index contributed by atoms with van der Waals surface area (Å²) < 4.78 is 18.2. The number of carbonyl (C=O) groups excluding carboxylic acids is 2. The molecule has 2 amide bonds. The number of nitrogens with one attached hydrogen (secondary N) is 1. The molecule has 0 spiro atoms. The molecular weight excluding hydrogens is 520 g/mol. The van der Waals surface area contributed by atoms with Crippen LogP contribution in [0.5, 0.6) is 11.5 Å². The smallest absolute Gasteiger partial charge is 0.257 e. The summed E-state index contributed by atoms with van der Waals surface area (Å²) in [7, 11) is 4.58. The van der Waals surface area contributed by atoms with Gasteiger partial charge in [-0.25, -0.2) is 4.68 Å². The average Bonchev–Trinajstić information content (AvgIpc) is 3.61. The normalized spacial score (nSPS) is 17.2. The highest BCUT2D eigenvalue weighted by atomic mass is 16.5. The van der Waals surface area contributed by atoms with Crippen LogP contribution in [0.3, 0.4) is 0 Å². The molecule has 1 aliphatic heterocycles. The summed E-state index contributed by atoms with van der Waals surface area (Å²) in [5, 5.41) is 7.76. The summed E-state index contributed by atoms with van der Waals surface area (Å²) in [6, 6.07) is 23.9. The molecule has 1 fully saturated rings. The Labute approximate surface area is 239 Å². The molecule has 41 heavy (non-hydrogen) atoms. The van der Waals surface area contributed by atoms with Gasteiger partial charge in [-0.05, 0) is 55.2 Å². The molecule has 0 saturated carbocycles. The first kappa shape index (κ1) is 27.9. The lowest BCUT2D eigenvalue weighted by Crippen LogP contribution is -2.48. The molecule has 0 unspecified atom stereocenters. The molecule has 1 N–H and O–H groups in total. The lowest BCUT2D eigenvalue weighted by atomic mass is 10.1. The molecule has 9 heteroatoms. The maximum atomic E-state index is 13.9. The van der Waals surface area contributed by atoms with Crippen LogP contribution in [0.1, 0.15) is 31.4 Å². The molecule has 3 aromatic carbocycles. The molecule has 0 aliphatic carbocycles. The predicted molar refractivity (Wildman–Crippen MR) is 156 cm³/mol. The molecule has 212 valence electrons. The van der Waals surface area contributed by atoms with Crippen molar-refractivity contribution in [1.29, 1.82) is 0 Å². The number of aromatic nitrogens is 2. The monoisotopic (exact) mass is 554 g/mol. The molecule has 3 atom stereocenters. The Kier molecular flexibility index (Phi) is 8.35. The average molecular weight is 555 g/mol. The van der Waals surface area contributed by atoms with Crippen LogP contribution < -0.4 is 14.8 Å². The number of anilines is 1. The molecule has 9 nitrogen and oxygen atoms in total. The highest BCUT2D eigenvalue weighted by Crippen LogP contribution is 2.35. The van der Waals surface area contributed by atoms with Crippen molar-refractivity contribution in [3.63, 3.8) is 0 Å². The van der Waals surface area contributed by atoms with Crippen molar-refractivity contribution in [2.24, 2.45) is 0 Å². The van der Waals surface area contributed by atoms with Crippen LogP contribution >= 0.6 is 0 Å². The van der Waals surface area contributed by atoms with E-state index in [4.69, 9.17) is 19.3 Å². The van der Waals surface area contributed by atoms with E-state index in [1.807, 2.05) is 73.8 Å². The Bertz CT molecular complexity index is 1510. The molecule has 2 heterocycles. The highest BCUT2D eigenvalue weighted by Gasteiger charge is 2.42. The molecule has 0 radical (unpaired) electrons. The van der Waals surface area contributed by atoms with Crippen molar-refractivity contribution >= 4 is 17.6 Å². The summed E-state index contributed by atoms with van der Waals surface area (Å²) in [6.07, 6.45) is 2.21. The Morgan fingerprint density at radius 3 is 2.24 bits per heavy atom. The fourth-order valence-corrected chi connectivity index (χ4v) is 5.35. The lowest BCUT2D eigenvalue weighted by molar-refractivity contribution is -0.148. The zero-order chi connectivity index (χ0) is 28.9. The van der Waals surface area contributed by atoms with Gasteiger partial charge in [0.15, 0.2) is 23.4 Å². The van der Waals surface area contributed by atoms with Crippen LogP contribution in [0.25, 0.3) is 16.8 Å². The van der Waals surface area contributed by atoms with E-state index in [0.717, 1.165) is 16.8 Å². The fourth-order valence-electron chi connectivity index (χ4n) is 5.35. The summed E-state index contributed by atoms with van der Waals surface area (Å²) in [5.41, 5.74) is 3.19. The number of carbonyl (C=O) groups is 2. The van der Waals surface area contributed by atoms with Crippen molar-refractivity contribution in [2.45, 2.75) is 38.0 Å². The van der Waals surface area contributed by atoms with E-state index in [1.165, 1.54) is 14.2 Å². The van der Waals surface area contributed by atoms with Crippen LogP contribution in [0.2, 0.25) is 0 Å². The van der Waals surface area contributed by atoms with Gasteiger partial charge in [-0.15, -0.1) is 5.10 Å². The van der Waals surface area contributed by atoms with Gasteiger partial charge in [0.25, 0.3) is 5.91 Å². The third-order valence-corrected chi connectivity index (χ3v) is 7.46. The second-order valence-electron chi connectivity index (χ2n) is 9.94. The first-order chi connectivity index (χ1) is 19.9. The van der Waals surface area contributed by atoms with Gasteiger partial charge < -0.3 is 24.4 Å². The third kappa shape index (κ3) is 5.67. The Hall–Kier alpha value is -4.63. The fraction of sp³-hybridized carbons (Fsp3) is 0.281. The zero-order valence-corrected chi connectivity index (χ0v) is 23.6. The van der Waals surface area contributed by atoms with E-state index in [1.54, 1.807) is 34.9 Å². The number of amides is 2. The minimum absolute atomic E-state index is 0.147. The first-order valence-corrected chi connectivity index (χ1v) is 13.5. The molecule has 1 aliphatic rings. The largest absolute Gasteiger partial charge is 0.493 e. The van der Waals surface area contributed by atoms with E-state index < -0.39 is 12.1 Å². The van der Waals surface area contributed by atoms with Gasteiger partial charge in [0.1, 0.15) is 6.04 Å². The number of rotatable bonds is 9. The summed E-state index contributed by atoms with van der Waals surface area (Å²) in [5.74, 6) is 0.893. The lowest BCUT2D eigenvalue weighted by Gasteiger charge is -2.31. The Balaban J connectivity index is 1.43. The standard InChI is InChI=1S/C32H34N4O5/c1-21-15-17-26(36(21)32(38)29(41-4)23-16-18-27(39-2)28(19-23)40-3)31(37)33-30-25(22-11-7-5-8-12-22)20-35(34-30)24-13-9-6-10-14-24/h5-14,16,18-21,26,29H,15,17H2,1-4H3,(H,33,34,37)/t21-,26+,29+/m0/s1. The number of hydrogen-bond acceptors (Lipinski definition) is 6. The SMILES string of the molecule is COc1ccc([C@@H](OC)C(=O)N2[C@@H](C(=O)Nc3nn(-c4ccccc4)cc3-c3ccccc3)CC[C@@H]2C)cc1OC. The minimum Gasteiger partial charge on any atom is -0.493 e. The van der Waals surface area contributed by atoms with Gasteiger partial charge >= 0.3 is 0 Å². The number of ether oxygens (including phenoxy) is 3. The van der Waals surface area contributed by atoms with E-state index in [0.29, 0.717) is 35.7 Å². The van der Waals surface area contributed by atoms with Gasteiger partial charge in [-0.2, -0.15) is 0 Å². The number of benzene rings is 3. The molecule has 4 aromatic rings. The summed E-state index contributed by atoms with van der Waals surface area (Å²) in [6.45, 7) is 1.95. The van der Waals surface area contributed by atoms with Crippen molar-refractivity contribution < 1.29 is 23.8 Å². The van der Waals surface area contributed by atoms with Crippen LogP contribution in [-0.2, 0) is 14.3 Å². The maximum absolute atomic E-state index is 13.9. The molecule has 5 rings (SSSR count). The van der Waals surface area contributed by atoms with Crippen molar-refractivity contribution in [3.8, 4) is 28.3 Å². The number of hydrogen-bond donors (Lipinski definition) is 1. The van der Waals surface area contributed by atoms with Crippen molar-refractivity contribution in [1.82, 2.24) is 14.7 Å². The summed E-state index contributed by atoms with van der Waals surface area (Å²) in [4.78, 5) is 29.4. The van der Waals surface area contributed by atoms with E-state index >= 15 is 0 Å².